The number of benzene rings is 1. The highest BCUT2D eigenvalue weighted by molar-refractivity contribution is 6.34. The Bertz CT molecular complexity index is 506. The molecule has 1 atom stereocenters. The normalized spacial score (nSPS) is 11.9. The third-order valence-corrected chi connectivity index (χ3v) is 2.80. The second-order valence-electron chi connectivity index (χ2n) is 3.86. The lowest BCUT2D eigenvalue weighted by atomic mass is 10.1. The lowest BCUT2D eigenvalue weighted by Crippen LogP contribution is -2.20. The molecular weight excluding hydrogens is 276 g/mol. The van der Waals surface area contributed by atoms with Crippen molar-refractivity contribution >= 4 is 28.9 Å². The number of aliphatic hydroxyl groups excluding tert-OH is 1. The molecule has 1 unspecified atom stereocenters. The van der Waals surface area contributed by atoms with E-state index in [1.165, 1.54) is 0 Å². The molecule has 8 heteroatoms. The zero-order chi connectivity index (χ0) is 14.6. The summed E-state index contributed by atoms with van der Waals surface area (Å²) >= 11 is 5.84. The highest BCUT2D eigenvalue weighted by atomic mass is 35.5. The number of aliphatic hydroxyl groups is 1. The smallest absolute Gasteiger partial charge is 0.338 e. The first-order chi connectivity index (χ1) is 8.86. The van der Waals surface area contributed by atoms with Crippen LogP contribution in [0.1, 0.15) is 23.7 Å². The summed E-state index contributed by atoms with van der Waals surface area (Å²) < 4.78 is 0. The largest absolute Gasteiger partial charge is 0.478 e. The van der Waals surface area contributed by atoms with Gasteiger partial charge in [0.05, 0.1) is 27.3 Å². The van der Waals surface area contributed by atoms with Gasteiger partial charge in [-0.05, 0) is 6.42 Å². The van der Waals surface area contributed by atoms with E-state index in [4.69, 9.17) is 16.7 Å². The van der Waals surface area contributed by atoms with Crippen LogP contribution < -0.4 is 5.32 Å². The molecule has 3 N–H and O–H groups in total. The second kappa shape index (κ2) is 6.35. The molecule has 0 amide bonds. The number of nitrogens with one attached hydrogen (secondary N) is 1. The molecule has 7 nitrogen and oxygen atoms in total. The Labute approximate surface area is 114 Å². The minimum Gasteiger partial charge on any atom is -0.478 e. The predicted molar refractivity (Wildman–Crippen MR) is 69.9 cm³/mol. The molecule has 104 valence electrons. The Morgan fingerprint density at radius 2 is 2.21 bits per heavy atom. The van der Waals surface area contributed by atoms with Crippen LogP contribution in [0.25, 0.3) is 0 Å². The molecule has 0 saturated carbocycles. The molecule has 0 aliphatic carbocycles. The Kier molecular flexibility index (Phi) is 5.08. The minimum absolute atomic E-state index is 0.0623. The molecular formula is C11H13ClN2O5. The van der Waals surface area contributed by atoms with Crippen LogP contribution in [-0.2, 0) is 0 Å². The molecule has 0 aromatic heterocycles. The maximum Gasteiger partial charge on any atom is 0.338 e. The fraction of sp³-hybridized carbons (Fsp3) is 0.364. The predicted octanol–water partition coefficient (Wildman–Crippen LogP) is 2.13. The van der Waals surface area contributed by atoms with E-state index in [0.29, 0.717) is 6.42 Å². The Morgan fingerprint density at radius 1 is 1.58 bits per heavy atom. The summed E-state index contributed by atoms with van der Waals surface area (Å²) in [5.74, 6) is -1.33. The number of carboxylic acids is 1. The van der Waals surface area contributed by atoms with Crippen LogP contribution in [-0.4, -0.2) is 33.8 Å². The van der Waals surface area contributed by atoms with Crippen molar-refractivity contribution in [2.24, 2.45) is 0 Å². The first kappa shape index (κ1) is 15.2. The van der Waals surface area contributed by atoms with Gasteiger partial charge < -0.3 is 15.5 Å². The zero-order valence-electron chi connectivity index (χ0n) is 10.1. The van der Waals surface area contributed by atoms with Gasteiger partial charge in [0.2, 0.25) is 0 Å². The number of hydrogen-bond acceptors (Lipinski definition) is 5. The highest BCUT2D eigenvalue weighted by Crippen LogP contribution is 2.31. The number of hydrogen-bond donors (Lipinski definition) is 3. The molecule has 19 heavy (non-hydrogen) atoms. The number of halogens is 1. The molecule has 0 aliphatic rings. The van der Waals surface area contributed by atoms with Gasteiger partial charge in [-0.1, -0.05) is 18.5 Å². The molecule has 0 heterocycles. The monoisotopic (exact) mass is 288 g/mol. The minimum atomic E-state index is -1.33. The van der Waals surface area contributed by atoms with Crippen molar-refractivity contribution in [1.82, 2.24) is 0 Å². The van der Waals surface area contributed by atoms with Gasteiger partial charge in [0.1, 0.15) is 0 Å². The number of non-ortho nitro benzene ring substituents is 1. The molecule has 0 radical (unpaired) electrons. The molecule has 1 aromatic rings. The highest BCUT2D eigenvalue weighted by Gasteiger charge is 2.20. The van der Waals surface area contributed by atoms with Crippen LogP contribution in [0.3, 0.4) is 0 Å². The number of nitro benzene ring substituents is 1. The van der Waals surface area contributed by atoms with Gasteiger partial charge in [-0.25, -0.2) is 4.79 Å². The summed E-state index contributed by atoms with van der Waals surface area (Å²) in [6, 6.07) is 1.99. The van der Waals surface area contributed by atoms with Crippen LogP contribution in [0.15, 0.2) is 12.1 Å². The van der Waals surface area contributed by atoms with Crippen molar-refractivity contribution in [3.63, 3.8) is 0 Å². The lowest BCUT2D eigenvalue weighted by molar-refractivity contribution is -0.384. The summed E-state index contributed by atoms with van der Waals surface area (Å²) in [5.41, 5.74) is -0.640. The van der Waals surface area contributed by atoms with Gasteiger partial charge >= 0.3 is 5.97 Å². The van der Waals surface area contributed by atoms with E-state index in [1.807, 2.05) is 0 Å². The molecule has 0 fully saturated rings. The molecule has 0 spiro atoms. The summed E-state index contributed by atoms with van der Waals surface area (Å²) in [5, 5.41) is 31.7. The third kappa shape index (κ3) is 3.80. The quantitative estimate of drug-likeness (QED) is 0.546. The van der Waals surface area contributed by atoms with Crippen molar-refractivity contribution < 1.29 is 19.9 Å². The fourth-order valence-corrected chi connectivity index (χ4v) is 1.69. The van der Waals surface area contributed by atoms with Crippen LogP contribution in [0.4, 0.5) is 11.4 Å². The van der Waals surface area contributed by atoms with Gasteiger partial charge in [-0.2, -0.15) is 0 Å². The first-order valence-corrected chi connectivity index (χ1v) is 5.87. The number of aromatic carboxylic acids is 1. The summed E-state index contributed by atoms with van der Waals surface area (Å²) in [7, 11) is 0. The van der Waals surface area contributed by atoms with Crippen LogP contribution in [0, 0.1) is 10.1 Å². The maximum atomic E-state index is 11.1. The fourth-order valence-electron chi connectivity index (χ4n) is 1.41. The summed E-state index contributed by atoms with van der Waals surface area (Å²) in [6.45, 7) is 1.87. The number of carboxylic acid groups (broad SMARTS) is 1. The van der Waals surface area contributed by atoms with E-state index in [-0.39, 0.29) is 22.8 Å². The van der Waals surface area contributed by atoms with Crippen molar-refractivity contribution in [1.29, 1.82) is 0 Å². The van der Waals surface area contributed by atoms with E-state index >= 15 is 0 Å². The van der Waals surface area contributed by atoms with Gasteiger partial charge in [0.25, 0.3) is 5.69 Å². The van der Waals surface area contributed by atoms with Gasteiger partial charge in [-0.3, -0.25) is 10.1 Å². The standard InChI is InChI=1S/C11H13ClN2O5/c1-2-7(15)5-13-10-8(11(16)17)3-6(14(18)19)4-9(10)12/h3-4,7,13,15H,2,5H2,1H3,(H,16,17). The van der Waals surface area contributed by atoms with Crippen molar-refractivity contribution in [2.45, 2.75) is 19.4 Å². The topological polar surface area (TPSA) is 113 Å². The first-order valence-electron chi connectivity index (χ1n) is 5.50. The van der Waals surface area contributed by atoms with Gasteiger partial charge in [0, 0.05) is 18.7 Å². The molecule has 0 aliphatic heterocycles. The molecule has 1 aromatic carbocycles. The zero-order valence-corrected chi connectivity index (χ0v) is 10.8. The summed E-state index contributed by atoms with van der Waals surface area (Å²) in [6.07, 6.45) is -0.173. The van der Waals surface area contributed by atoms with Crippen molar-refractivity contribution in [3.8, 4) is 0 Å². The van der Waals surface area contributed by atoms with Crippen LogP contribution in [0.2, 0.25) is 5.02 Å². The van der Waals surface area contributed by atoms with E-state index in [0.717, 1.165) is 12.1 Å². The van der Waals surface area contributed by atoms with Gasteiger partial charge in [0.15, 0.2) is 0 Å². The van der Waals surface area contributed by atoms with E-state index in [2.05, 4.69) is 5.32 Å². The number of carbonyl (C=O) groups is 1. The molecule has 1 rings (SSSR count). The third-order valence-electron chi connectivity index (χ3n) is 2.50. The van der Waals surface area contributed by atoms with E-state index in [1.54, 1.807) is 6.92 Å². The Balaban J connectivity index is 3.15. The van der Waals surface area contributed by atoms with Crippen LogP contribution >= 0.6 is 11.6 Å². The van der Waals surface area contributed by atoms with Crippen LogP contribution in [0.5, 0.6) is 0 Å². The number of nitrogens with zero attached hydrogens (tertiary/aromatic N) is 1. The number of anilines is 1. The molecule has 0 saturated heterocycles. The summed E-state index contributed by atoms with van der Waals surface area (Å²) in [4.78, 5) is 21.0. The van der Waals surface area contributed by atoms with E-state index in [9.17, 15) is 20.0 Å². The second-order valence-corrected chi connectivity index (χ2v) is 4.26. The number of rotatable bonds is 6. The van der Waals surface area contributed by atoms with Crippen molar-refractivity contribution in [2.75, 3.05) is 11.9 Å². The van der Waals surface area contributed by atoms with Crippen molar-refractivity contribution in [3.05, 3.63) is 32.8 Å². The lowest BCUT2D eigenvalue weighted by Gasteiger charge is -2.14. The average Bonchev–Trinajstić information content (AvgIpc) is 2.35. The maximum absolute atomic E-state index is 11.1. The Morgan fingerprint density at radius 3 is 2.68 bits per heavy atom. The van der Waals surface area contributed by atoms with Gasteiger partial charge in [-0.15, -0.1) is 0 Å². The SMILES string of the molecule is CCC(O)CNc1c(Cl)cc([N+](=O)[O-])cc1C(=O)O. The molecule has 0 bridgehead atoms. The number of nitro groups is 1. The van der Waals surface area contributed by atoms with E-state index < -0.39 is 22.7 Å². The Hall–Kier alpha value is -1.86. The average molecular weight is 289 g/mol.